The maximum atomic E-state index is 13.8. The molecule has 204 valence electrons. The maximum absolute atomic E-state index is 13.8. The van der Waals surface area contributed by atoms with Crippen molar-refractivity contribution in [1.82, 2.24) is 9.88 Å². The van der Waals surface area contributed by atoms with E-state index in [9.17, 15) is 22.4 Å². The van der Waals surface area contributed by atoms with Crippen molar-refractivity contribution in [2.75, 3.05) is 44.5 Å². The molecule has 0 bridgehead atoms. The fraction of sp³-hybridized carbons (Fsp3) is 0.320. The lowest BCUT2D eigenvalue weighted by Crippen LogP contribution is -2.41. The van der Waals surface area contributed by atoms with Gasteiger partial charge in [0.15, 0.2) is 21.4 Å². The first-order valence-corrected chi connectivity index (χ1v) is 13.2. The van der Waals surface area contributed by atoms with Crippen molar-refractivity contribution in [2.45, 2.75) is 18.2 Å². The van der Waals surface area contributed by atoms with E-state index in [1.165, 1.54) is 43.5 Å². The van der Waals surface area contributed by atoms with Crippen molar-refractivity contribution in [3.05, 3.63) is 53.3 Å². The molecule has 2 aromatic carbocycles. The Balaban J connectivity index is 0.00000400. The van der Waals surface area contributed by atoms with Gasteiger partial charge in [-0.15, -0.1) is 12.4 Å². The molecule has 13 heteroatoms. The summed E-state index contributed by atoms with van der Waals surface area (Å²) < 4.78 is 50.1. The van der Waals surface area contributed by atoms with Gasteiger partial charge in [0, 0.05) is 36.7 Å². The third-order valence-corrected chi connectivity index (χ3v) is 7.76. The second kappa shape index (κ2) is 11.9. The number of carbonyl (C=O) groups is 2. The summed E-state index contributed by atoms with van der Waals surface area (Å²) in [5.41, 5.74) is 7.01. The van der Waals surface area contributed by atoms with Crippen LogP contribution in [0, 0.1) is 12.7 Å². The van der Waals surface area contributed by atoms with Gasteiger partial charge in [0.05, 0.1) is 42.1 Å². The zero-order valence-electron chi connectivity index (χ0n) is 20.8. The summed E-state index contributed by atoms with van der Waals surface area (Å²) in [6.07, 6.45) is -0.145. The van der Waals surface area contributed by atoms with Crippen LogP contribution in [0.2, 0.25) is 0 Å². The number of hydrogen-bond donors (Lipinski definition) is 2. The third-order valence-electron chi connectivity index (χ3n) is 6.07. The number of primary amides is 1. The zero-order chi connectivity index (χ0) is 26.7. The number of benzene rings is 2. The number of nitrogens with one attached hydrogen (secondary N) is 1. The predicted octanol–water partition coefficient (Wildman–Crippen LogP) is 2.98. The van der Waals surface area contributed by atoms with Crippen LogP contribution >= 0.6 is 12.4 Å². The molecule has 2 heterocycles. The van der Waals surface area contributed by atoms with Gasteiger partial charge < -0.3 is 25.4 Å². The quantitative estimate of drug-likeness (QED) is 0.424. The van der Waals surface area contributed by atoms with Gasteiger partial charge in [-0.2, -0.15) is 0 Å². The lowest BCUT2D eigenvalue weighted by atomic mass is 10.1. The molecule has 1 aromatic heterocycles. The van der Waals surface area contributed by atoms with Crippen molar-refractivity contribution >= 4 is 56.5 Å². The van der Waals surface area contributed by atoms with Crippen molar-refractivity contribution in [3.8, 4) is 5.75 Å². The normalized spacial score (nSPS) is 13.6. The van der Waals surface area contributed by atoms with Crippen LogP contribution in [0.25, 0.3) is 10.9 Å². The minimum Gasteiger partial charge on any atom is -0.494 e. The highest BCUT2D eigenvalue weighted by Gasteiger charge is 2.23. The number of rotatable bonds is 8. The molecule has 1 aliphatic rings. The molecule has 1 saturated heterocycles. The van der Waals surface area contributed by atoms with E-state index in [2.05, 4.69) is 10.3 Å². The van der Waals surface area contributed by atoms with E-state index in [1.807, 2.05) is 0 Å². The number of amides is 2. The van der Waals surface area contributed by atoms with Crippen molar-refractivity contribution in [3.63, 3.8) is 0 Å². The Bertz CT molecular complexity index is 1480. The smallest absolute Gasteiger partial charge is 0.252 e. The molecule has 3 N–H and O–H groups in total. The zero-order valence-corrected chi connectivity index (χ0v) is 22.5. The molecule has 0 atom stereocenters. The SMILES string of the molecule is COc1cc(Nc2nc3c(C)cc(S(=O)(=O)CCC(=O)N4CCOCC4)cc3cc2C(N)=O)ccc1F.Cl. The number of sulfone groups is 1. The Labute approximate surface area is 225 Å². The molecular weight excluding hydrogens is 539 g/mol. The average Bonchev–Trinajstić information content (AvgIpc) is 2.88. The Hall–Kier alpha value is -3.48. The van der Waals surface area contributed by atoms with E-state index in [4.69, 9.17) is 15.2 Å². The van der Waals surface area contributed by atoms with Crippen LogP contribution in [-0.2, 0) is 19.4 Å². The number of hydrogen-bond acceptors (Lipinski definition) is 8. The molecule has 0 saturated carbocycles. The molecule has 0 aliphatic carbocycles. The highest BCUT2D eigenvalue weighted by molar-refractivity contribution is 7.91. The van der Waals surface area contributed by atoms with Gasteiger partial charge >= 0.3 is 0 Å². The van der Waals surface area contributed by atoms with E-state index in [0.29, 0.717) is 48.5 Å². The highest BCUT2D eigenvalue weighted by Crippen LogP contribution is 2.30. The van der Waals surface area contributed by atoms with E-state index >= 15 is 0 Å². The van der Waals surface area contributed by atoms with E-state index in [1.54, 1.807) is 11.8 Å². The standard InChI is InChI=1S/C25H27FN4O6S.ClH/c1-15-11-18(37(33,34)10-5-22(31)30-6-8-36-9-7-30)12-16-13-19(24(27)32)25(29-23(15)16)28-17-3-4-20(26)21(14-17)35-2;/h3-4,11-14H,5-10H2,1-2H3,(H2,27,32)(H,28,29);1H. The van der Waals surface area contributed by atoms with Crippen LogP contribution in [0.4, 0.5) is 15.9 Å². The Morgan fingerprint density at radius 1 is 1.18 bits per heavy atom. The summed E-state index contributed by atoms with van der Waals surface area (Å²) >= 11 is 0. The number of aryl methyl sites for hydroxylation is 1. The number of fused-ring (bicyclic) bond motifs is 1. The molecule has 4 rings (SSSR count). The predicted molar refractivity (Wildman–Crippen MR) is 143 cm³/mol. The summed E-state index contributed by atoms with van der Waals surface area (Å²) in [4.78, 5) is 30.8. The van der Waals surface area contributed by atoms with Crippen LogP contribution in [0.1, 0.15) is 22.3 Å². The average molecular weight is 567 g/mol. The lowest BCUT2D eigenvalue weighted by molar-refractivity contribution is -0.134. The van der Waals surface area contributed by atoms with Gasteiger partial charge in [0.1, 0.15) is 5.82 Å². The fourth-order valence-corrected chi connectivity index (χ4v) is 5.42. The number of aromatic nitrogens is 1. The van der Waals surface area contributed by atoms with Crippen LogP contribution in [-0.4, -0.2) is 69.3 Å². The second-order valence-corrected chi connectivity index (χ2v) is 10.7. The van der Waals surface area contributed by atoms with Gasteiger partial charge in [0.2, 0.25) is 5.91 Å². The summed E-state index contributed by atoms with van der Waals surface area (Å²) in [6, 6.07) is 8.43. The molecular formula is C25H28ClFN4O6S. The summed E-state index contributed by atoms with van der Waals surface area (Å²) in [6.45, 7) is 3.45. The van der Waals surface area contributed by atoms with Crippen LogP contribution in [0.15, 0.2) is 41.3 Å². The number of morpholine rings is 1. The minimum absolute atomic E-state index is 0. The van der Waals surface area contributed by atoms with Crippen LogP contribution in [0.5, 0.6) is 5.75 Å². The molecule has 1 aliphatic heterocycles. The van der Waals surface area contributed by atoms with Gasteiger partial charge in [-0.25, -0.2) is 17.8 Å². The topological polar surface area (TPSA) is 141 Å². The monoisotopic (exact) mass is 566 g/mol. The molecule has 3 aromatic rings. The number of pyridine rings is 1. The van der Waals surface area contributed by atoms with Gasteiger partial charge in [-0.3, -0.25) is 9.59 Å². The first kappa shape index (κ1) is 29.1. The largest absolute Gasteiger partial charge is 0.494 e. The first-order valence-electron chi connectivity index (χ1n) is 11.5. The van der Waals surface area contributed by atoms with Crippen molar-refractivity contribution < 1.29 is 31.9 Å². The molecule has 10 nitrogen and oxygen atoms in total. The highest BCUT2D eigenvalue weighted by atomic mass is 35.5. The number of halogens is 2. The number of nitrogens with zero attached hydrogens (tertiary/aromatic N) is 2. The number of ether oxygens (including phenoxy) is 2. The van der Waals surface area contributed by atoms with Gasteiger partial charge in [-0.05, 0) is 42.8 Å². The summed E-state index contributed by atoms with van der Waals surface area (Å²) in [5.74, 6) is -1.79. The van der Waals surface area contributed by atoms with Gasteiger partial charge in [-0.1, -0.05) is 0 Å². The number of anilines is 2. The number of carbonyl (C=O) groups excluding carboxylic acids is 2. The molecule has 0 radical (unpaired) electrons. The molecule has 2 amide bonds. The van der Waals surface area contributed by atoms with E-state index < -0.39 is 21.6 Å². The van der Waals surface area contributed by atoms with Crippen LogP contribution in [0.3, 0.4) is 0 Å². The second-order valence-electron chi connectivity index (χ2n) is 8.60. The molecule has 38 heavy (non-hydrogen) atoms. The summed E-state index contributed by atoms with van der Waals surface area (Å²) in [5, 5.41) is 3.35. The number of methoxy groups -OCH3 is 1. The third kappa shape index (κ3) is 6.32. The van der Waals surface area contributed by atoms with Crippen LogP contribution < -0.4 is 15.8 Å². The van der Waals surface area contributed by atoms with Crippen molar-refractivity contribution in [1.29, 1.82) is 0 Å². The van der Waals surface area contributed by atoms with Crippen molar-refractivity contribution in [2.24, 2.45) is 5.73 Å². The number of nitrogens with two attached hydrogens (primary N) is 1. The maximum Gasteiger partial charge on any atom is 0.252 e. The lowest BCUT2D eigenvalue weighted by Gasteiger charge is -2.26. The first-order chi connectivity index (χ1) is 17.6. The molecule has 1 fully saturated rings. The van der Waals surface area contributed by atoms with Gasteiger partial charge in [0.25, 0.3) is 5.91 Å². The Morgan fingerprint density at radius 2 is 1.89 bits per heavy atom. The Kier molecular flexibility index (Phi) is 9.13. The molecule has 0 unspecified atom stereocenters. The Morgan fingerprint density at radius 3 is 2.55 bits per heavy atom. The fourth-order valence-electron chi connectivity index (χ4n) is 4.08. The minimum atomic E-state index is -3.80. The van der Waals surface area contributed by atoms with E-state index in [0.717, 1.165) is 0 Å². The summed E-state index contributed by atoms with van der Waals surface area (Å²) in [7, 11) is -2.47. The molecule has 0 spiro atoms. The van der Waals surface area contributed by atoms with E-state index in [-0.39, 0.29) is 52.5 Å².